The van der Waals surface area contributed by atoms with Crippen molar-refractivity contribution in [2.45, 2.75) is 30.3 Å². The molecule has 0 saturated carbocycles. The lowest BCUT2D eigenvalue weighted by molar-refractivity contribution is 0.0941. The second kappa shape index (κ2) is 10.9. The minimum atomic E-state index is -1.68. The van der Waals surface area contributed by atoms with E-state index in [0.717, 1.165) is 35.2 Å². The third-order valence-electron chi connectivity index (χ3n) is 6.98. The van der Waals surface area contributed by atoms with Crippen LogP contribution in [0.15, 0.2) is 59.5 Å². The molecule has 0 bridgehead atoms. The number of aliphatic hydroxyl groups excluding tert-OH is 1. The van der Waals surface area contributed by atoms with E-state index in [4.69, 9.17) is 18.8 Å². The molecular weight excluding hydrogens is 492 g/mol. The number of ether oxygens (including phenoxy) is 2. The summed E-state index contributed by atoms with van der Waals surface area (Å²) in [5.74, 6) is 1.31. The molecule has 8 nitrogen and oxygen atoms in total. The molecule has 0 saturated heterocycles. The molecule has 2 aliphatic rings. The lowest BCUT2D eigenvalue weighted by atomic mass is 9.82. The summed E-state index contributed by atoms with van der Waals surface area (Å²) in [6, 6.07) is 16.9. The number of rotatable bonds is 8. The Morgan fingerprint density at radius 3 is 2.59 bits per heavy atom. The monoisotopic (exact) mass is 522 g/mol. The zero-order chi connectivity index (χ0) is 25.9. The summed E-state index contributed by atoms with van der Waals surface area (Å²) in [4.78, 5) is 15.7. The average molecular weight is 523 g/mol. The van der Waals surface area contributed by atoms with Gasteiger partial charge in [0.25, 0.3) is 5.91 Å². The number of benzene rings is 3. The van der Waals surface area contributed by atoms with Gasteiger partial charge in [0, 0.05) is 31.2 Å². The van der Waals surface area contributed by atoms with Gasteiger partial charge in [0.1, 0.15) is 5.75 Å². The molecule has 0 fully saturated rings. The largest absolute Gasteiger partial charge is 0.496 e. The van der Waals surface area contributed by atoms with Crippen molar-refractivity contribution in [1.29, 1.82) is 0 Å². The quantitative estimate of drug-likeness (QED) is 0.469. The maximum Gasteiger partial charge on any atom is 0.255 e. The fourth-order valence-electron chi connectivity index (χ4n) is 5.15. The molecular formula is C28H30N2O6S. The van der Waals surface area contributed by atoms with E-state index in [9.17, 15) is 9.00 Å². The molecule has 2 heterocycles. The molecule has 3 aromatic carbocycles. The smallest absolute Gasteiger partial charge is 0.255 e. The second-order valence-corrected chi connectivity index (χ2v) is 10.1. The Kier molecular flexibility index (Phi) is 7.45. The molecule has 0 aromatic heterocycles. The summed E-state index contributed by atoms with van der Waals surface area (Å²) in [5, 5.41) is 11.8. The fraction of sp³-hybridized carbons (Fsp3) is 0.321. The molecule has 2 N–H and O–H groups in total. The van der Waals surface area contributed by atoms with Gasteiger partial charge in [0.15, 0.2) is 11.5 Å². The third kappa shape index (κ3) is 4.94. The van der Waals surface area contributed by atoms with Gasteiger partial charge in [-0.05, 0) is 59.9 Å². The van der Waals surface area contributed by atoms with Gasteiger partial charge in [0.05, 0.1) is 31.3 Å². The van der Waals surface area contributed by atoms with Crippen molar-refractivity contribution in [3.63, 3.8) is 0 Å². The molecule has 9 heteroatoms. The van der Waals surface area contributed by atoms with E-state index in [-0.39, 0.29) is 25.1 Å². The predicted octanol–water partition coefficient (Wildman–Crippen LogP) is 3.18. The van der Waals surface area contributed by atoms with Gasteiger partial charge in [-0.15, -0.1) is 0 Å². The minimum Gasteiger partial charge on any atom is -0.496 e. The highest BCUT2D eigenvalue weighted by atomic mass is 32.2. The Labute approximate surface area is 218 Å². The van der Waals surface area contributed by atoms with Crippen LogP contribution < -0.4 is 19.0 Å². The maximum atomic E-state index is 13.0. The predicted molar refractivity (Wildman–Crippen MR) is 139 cm³/mol. The van der Waals surface area contributed by atoms with Crippen molar-refractivity contribution in [3.8, 4) is 17.2 Å². The van der Waals surface area contributed by atoms with Crippen molar-refractivity contribution >= 4 is 17.0 Å². The number of fused-ring (bicyclic) bond motifs is 4. The highest BCUT2D eigenvalue weighted by Gasteiger charge is 2.36. The van der Waals surface area contributed by atoms with Crippen LogP contribution in [0.3, 0.4) is 0 Å². The standard InChI is InChI=1S/C28H30N2O6S/c1-34-25-9-8-18-14-24-21-16-22(28(32)29-11-13-31)26(35-2)15-19(21)10-12-30(24)17-23(18)27(25)36-37(33)20-6-4-3-5-7-20/h3-9,15-16,24,31H,10-14,17H2,1-2H3,(H,29,32). The van der Waals surface area contributed by atoms with Crippen LogP contribution in [0, 0.1) is 0 Å². The Bertz CT molecular complexity index is 1330. The molecule has 2 aliphatic heterocycles. The van der Waals surface area contributed by atoms with Crippen LogP contribution in [0.1, 0.15) is 38.7 Å². The third-order valence-corrected chi connectivity index (χ3v) is 7.96. The van der Waals surface area contributed by atoms with Crippen LogP contribution in [0.4, 0.5) is 0 Å². The molecule has 37 heavy (non-hydrogen) atoms. The van der Waals surface area contributed by atoms with Crippen molar-refractivity contribution in [1.82, 2.24) is 10.2 Å². The van der Waals surface area contributed by atoms with Crippen molar-refractivity contribution in [2.75, 3.05) is 33.9 Å². The first-order valence-electron chi connectivity index (χ1n) is 12.2. The highest BCUT2D eigenvalue weighted by molar-refractivity contribution is 7.80. The van der Waals surface area contributed by atoms with E-state index < -0.39 is 11.1 Å². The minimum absolute atomic E-state index is 0.0763. The van der Waals surface area contributed by atoms with E-state index >= 15 is 0 Å². The van der Waals surface area contributed by atoms with Crippen LogP contribution >= 0.6 is 0 Å². The van der Waals surface area contributed by atoms with Crippen LogP contribution in [-0.2, 0) is 30.5 Å². The Morgan fingerprint density at radius 1 is 1.08 bits per heavy atom. The van der Waals surface area contributed by atoms with Crippen molar-refractivity contribution in [2.24, 2.45) is 0 Å². The molecule has 194 valence electrons. The number of nitrogens with zero attached hydrogens (tertiary/aromatic N) is 1. The van der Waals surface area contributed by atoms with Crippen LogP contribution in [-0.4, -0.2) is 54.0 Å². The number of nitrogens with one attached hydrogen (secondary N) is 1. The zero-order valence-electron chi connectivity index (χ0n) is 20.9. The average Bonchev–Trinajstić information content (AvgIpc) is 2.94. The number of amides is 1. The Balaban J connectivity index is 1.49. The molecule has 1 amide bonds. The zero-order valence-corrected chi connectivity index (χ0v) is 21.7. The summed E-state index contributed by atoms with van der Waals surface area (Å²) in [5.41, 5.74) is 4.78. The summed E-state index contributed by atoms with van der Waals surface area (Å²) in [6.45, 7) is 1.48. The van der Waals surface area contributed by atoms with E-state index in [1.165, 1.54) is 0 Å². The van der Waals surface area contributed by atoms with E-state index in [1.54, 1.807) is 26.4 Å². The fourth-order valence-corrected chi connectivity index (χ4v) is 5.96. The number of carbonyl (C=O) groups excluding carboxylic acids is 1. The molecule has 2 atom stereocenters. The number of hydrogen-bond acceptors (Lipinski definition) is 7. The SMILES string of the molecule is COc1cc2c(cc1C(=O)NCCO)C1Cc3ccc(OC)c(OS(=O)c4ccccc4)c3CN1CC2. The summed E-state index contributed by atoms with van der Waals surface area (Å²) in [6.07, 6.45) is 1.52. The molecule has 0 radical (unpaired) electrons. The number of aliphatic hydroxyl groups is 1. The van der Waals surface area contributed by atoms with Crippen molar-refractivity contribution < 1.29 is 27.8 Å². The van der Waals surface area contributed by atoms with E-state index in [0.29, 0.717) is 40.7 Å². The lowest BCUT2D eigenvalue weighted by Gasteiger charge is -2.42. The Hall–Kier alpha value is -3.40. The van der Waals surface area contributed by atoms with Gasteiger partial charge in [0.2, 0.25) is 11.1 Å². The van der Waals surface area contributed by atoms with Crippen LogP contribution in [0.2, 0.25) is 0 Å². The van der Waals surface area contributed by atoms with Gasteiger partial charge in [-0.1, -0.05) is 24.3 Å². The molecule has 5 rings (SSSR count). The maximum absolute atomic E-state index is 13.0. The highest BCUT2D eigenvalue weighted by Crippen LogP contribution is 2.45. The van der Waals surface area contributed by atoms with Gasteiger partial charge in [-0.25, -0.2) is 4.21 Å². The first kappa shape index (κ1) is 25.3. The summed E-state index contributed by atoms with van der Waals surface area (Å²) < 4.78 is 30.1. The number of methoxy groups -OCH3 is 2. The molecule has 0 aliphatic carbocycles. The lowest BCUT2D eigenvalue weighted by Crippen LogP contribution is -2.40. The number of carbonyl (C=O) groups is 1. The van der Waals surface area contributed by atoms with Gasteiger partial charge in [-0.2, -0.15) is 0 Å². The van der Waals surface area contributed by atoms with Crippen molar-refractivity contribution in [3.05, 3.63) is 82.4 Å². The first-order valence-corrected chi connectivity index (χ1v) is 13.3. The Morgan fingerprint density at radius 2 is 1.86 bits per heavy atom. The summed E-state index contributed by atoms with van der Waals surface area (Å²) in [7, 11) is 3.14. The van der Waals surface area contributed by atoms with Crippen LogP contribution in [0.25, 0.3) is 0 Å². The molecule has 2 unspecified atom stereocenters. The topological polar surface area (TPSA) is 97.3 Å². The normalized spacial score (nSPS) is 17.1. The number of hydrogen-bond donors (Lipinski definition) is 2. The van der Waals surface area contributed by atoms with E-state index in [1.807, 2.05) is 42.5 Å². The molecule has 0 spiro atoms. The van der Waals surface area contributed by atoms with Gasteiger partial charge in [-0.3, -0.25) is 9.69 Å². The van der Waals surface area contributed by atoms with E-state index in [2.05, 4.69) is 10.2 Å². The second-order valence-electron chi connectivity index (χ2n) is 9.04. The van der Waals surface area contributed by atoms with Crippen LogP contribution in [0.5, 0.6) is 17.2 Å². The van der Waals surface area contributed by atoms with Gasteiger partial charge < -0.3 is 24.1 Å². The molecule has 3 aromatic rings. The first-order chi connectivity index (χ1) is 18.0. The summed E-state index contributed by atoms with van der Waals surface area (Å²) >= 11 is -1.68. The van der Waals surface area contributed by atoms with Gasteiger partial charge >= 0.3 is 0 Å².